The Morgan fingerprint density at radius 1 is 1.09 bits per heavy atom. The molecule has 0 bridgehead atoms. The second-order valence-electron chi connectivity index (χ2n) is 4.45. The Bertz CT molecular complexity index is 723. The minimum Gasteiger partial charge on any atom is -0.494 e. The SMILES string of the molecule is COc1ccc(-c2cc(C(=O)O)cc(C(F)(F)F)c2)cc1F. The zero-order valence-corrected chi connectivity index (χ0v) is 11.2. The van der Waals surface area contributed by atoms with Crippen molar-refractivity contribution in [1.82, 2.24) is 0 Å². The van der Waals surface area contributed by atoms with Crippen molar-refractivity contribution in [3.63, 3.8) is 0 Å². The van der Waals surface area contributed by atoms with Gasteiger partial charge in [0.1, 0.15) is 0 Å². The summed E-state index contributed by atoms with van der Waals surface area (Å²) < 4.78 is 56.9. The van der Waals surface area contributed by atoms with Crippen molar-refractivity contribution < 1.29 is 32.2 Å². The zero-order chi connectivity index (χ0) is 16.5. The van der Waals surface area contributed by atoms with E-state index in [2.05, 4.69) is 0 Å². The van der Waals surface area contributed by atoms with Crippen LogP contribution >= 0.6 is 0 Å². The molecule has 0 saturated carbocycles. The lowest BCUT2D eigenvalue weighted by atomic mass is 9.99. The maximum atomic E-state index is 13.7. The predicted octanol–water partition coefficient (Wildman–Crippen LogP) is 4.22. The third-order valence-electron chi connectivity index (χ3n) is 2.99. The molecule has 7 heteroatoms. The third kappa shape index (κ3) is 3.19. The van der Waals surface area contributed by atoms with Gasteiger partial charge in [0, 0.05) is 0 Å². The van der Waals surface area contributed by atoms with E-state index in [-0.39, 0.29) is 16.9 Å². The molecule has 0 heterocycles. The molecule has 0 spiro atoms. The monoisotopic (exact) mass is 314 g/mol. The predicted molar refractivity (Wildman–Crippen MR) is 70.3 cm³/mol. The van der Waals surface area contributed by atoms with Crippen LogP contribution in [0.3, 0.4) is 0 Å². The first-order valence-corrected chi connectivity index (χ1v) is 6.02. The largest absolute Gasteiger partial charge is 0.494 e. The molecule has 0 atom stereocenters. The van der Waals surface area contributed by atoms with Crippen LogP contribution in [0.15, 0.2) is 36.4 Å². The lowest BCUT2D eigenvalue weighted by Gasteiger charge is -2.11. The molecular weight excluding hydrogens is 304 g/mol. The first-order chi connectivity index (χ1) is 10.2. The summed E-state index contributed by atoms with van der Waals surface area (Å²) >= 11 is 0. The highest BCUT2D eigenvalue weighted by atomic mass is 19.4. The van der Waals surface area contributed by atoms with Crippen LogP contribution in [0.4, 0.5) is 17.6 Å². The number of carboxylic acids is 1. The second kappa shape index (κ2) is 5.67. The molecule has 0 aliphatic heterocycles. The van der Waals surface area contributed by atoms with E-state index in [0.717, 1.165) is 18.2 Å². The molecule has 1 N–H and O–H groups in total. The highest BCUT2D eigenvalue weighted by molar-refractivity contribution is 5.90. The third-order valence-corrected chi connectivity index (χ3v) is 2.99. The Labute approximate surface area is 122 Å². The van der Waals surface area contributed by atoms with Gasteiger partial charge in [-0.15, -0.1) is 0 Å². The smallest absolute Gasteiger partial charge is 0.416 e. The summed E-state index contributed by atoms with van der Waals surface area (Å²) in [5.41, 5.74) is -1.57. The van der Waals surface area contributed by atoms with Crippen LogP contribution in [-0.4, -0.2) is 18.2 Å². The lowest BCUT2D eigenvalue weighted by molar-refractivity contribution is -0.137. The maximum absolute atomic E-state index is 13.7. The van der Waals surface area contributed by atoms with Gasteiger partial charge in [-0.2, -0.15) is 13.2 Å². The number of rotatable bonds is 3. The van der Waals surface area contributed by atoms with Crippen molar-refractivity contribution in [3.05, 3.63) is 53.3 Å². The first-order valence-electron chi connectivity index (χ1n) is 6.02. The van der Waals surface area contributed by atoms with Gasteiger partial charge in [-0.1, -0.05) is 6.07 Å². The number of ether oxygens (including phenoxy) is 1. The number of hydrogen-bond donors (Lipinski definition) is 1. The molecule has 22 heavy (non-hydrogen) atoms. The molecule has 116 valence electrons. The summed E-state index contributed by atoms with van der Waals surface area (Å²) in [6, 6.07) is 5.95. The summed E-state index contributed by atoms with van der Waals surface area (Å²) in [4.78, 5) is 11.0. The second-order valence-corrected chi connectivity index (χ2v) is 4.45. The Kier molecular flexibility index (Phi) is 4.07. The average molecular weight is 314 g/mol. The van der Waals surface area contributed by atoms with Crippen LogP contribution < -0.4 is 4.74 Å². The van der Waals surface area contributed by atoms with Crippen LogP contribution in [0.25, 0.3) is 11.1 Å². The first kappa shape index (κ1) is 15.8. The van der Waals surface area contributed by atoms with Crippen molar-refractivity contribution in [2.45, 2.75) is 6.18 Å². The fraction of sp³-hybridized carbons (Fsp3) is 0.133. The summed E-state index contributed by atoms with van der Waals surface area (Å²) in [6.07, 6.45) is -4.70. The molecule has 0 amide bonds. The molecule has 3 nitrogen and oxygen atoms in total. The maximum Gasteiger partial charge on any atom is 0.416 e. The number of methoxy groups -OCH3 is 1. The van der Waals surface area contributed by atoms with Crippen LogP contribution in [0.5, 0.6) is 5.75 Å². The molecule has 0 radical (unpaired) electrons. The standard InChI is InChI=1S/C15H10F4O3/c1-22-13-3-2-8(7-12(13)16)9-4-10(14(20)21)6-11(5-9)15(17,18)19/h2-7H,1H3,(H,20,21). The van der Waals surface area contributed by atoms with Gasteiger partial charge in [0.05, 0.1) is 18.2 Å². The van der Waals surface area contributed by atoms with Gasteiger partial charge in [-0.05, 0) is 41.5 Å². The van der Waals surface area contributed by atoms with Crippen molar-refractivity contribution in [3.8, 4) is 16.9 Å². The number of benzene rings is 2. The Hall–Kier alpha value is -2.57. The van der Waals surface area contributed by atoms with Crippen molar-refractivity contribution in [1.29, 1.82) is 0 Å². The Morgan fingerprint density at radius 2 is 1.77 bits per heavy atom. The fourth-order valence-corrected chi connectivity index (χ4v) is 1.93. The van der Waals surface area contributed by atoms with Crippen LogP contribution in [-0.2, 0) is 6.18 Å². The minimum atomic E-state index is -4.70. The molecular formula is C15H10F4O3. The van der Waals surface area contributed by atoms with E-state index in [1.807, 2.05) is 0 Å². The molecule has 2 rings (SSSR count). The summed E-state index contributed by atoms with van der Waals surface area (Å²) in [7, 11) is 1.25. The number of hydrogen-bond acceptors (Lipinski definition) is 2. The van der Waals surface area contributed by atoms with Crippen LogP contribution in [0.1, 0.15) is 15.9 Å². The molecule has 0 aliphatic carbocycles. The number of alkyl halides is 3. The average Bonchev–Trinajstić information content (AvgIpc) is 2.45. The van der Waals surface area contributed by atoms with Gasteiger partial charge >= 0.3 is 12.1 Å². The minimum absolute atomic E-state index is 0.0474. The van der Waals surface area contributed by atoms with Gasteiger partial charge in [-0.3, -0.25) is 0 Å². The number of carbonyl (C=O) groups is 1. The van der Waals surface area contributed by atoms with E-state index in [0.29, 0.717) is 6.07 Å². The van der Waals surface area contributed by atoms with Gasteiger partial charge in [0.25, 0.3) is 0 Å². The number of carboxylic acid groups (broad SMARTS) is 1. The molecule has 0 unspecified atom stereocenters. The molecule has 2 aromatic rings. The van der Waals surface area contributed by atoms with E-state index >= 15 is 0 Å². The van der Waals surface area contributed by atoms with E-state index in [4.69, 9.17) is 9.84 Å². The normalized spacial score (nSPS) is 11.3. The van der Waals surface area contributed by atoms with Gasteiger partial charge in [-0.25, -0.2) is 9.18 Å². The number of aromatic carboxylic acids is 1. The topological polar surface area (TPSA) is 46.5 Å². The summed E-state index contributed by atoms with van der Waals surface area (Å²) in [5.74, 6) is -2.31. The van der Waals surface area contributed by atoms with Crippen molar-refractivity contribution in [2.24, 2.45) is 0 Å². The Morgan fingerprint density at radius 3 is 2.27 bits per heavy atom. The quantitative estimate of drug-likeness (QED) is 0.863. The van der Waals surface area contributed by atoms with E-state index < -0.39 is 29.1 Å². The van der Waals surface area contributed by atoms with E-state index in [1.54, 1.807) is 0 Å². The van der Waals surface area contributed by atoms with Crippen LogP contribution in [0, 0.1) is 5.82 Å². The molecule has 0 aliphatic rings. The molecule has 0 aromatic heterocycles. The summed E-state index contributed by atoms with van der Waals surface area (Å²) in [6.45, 7) is 0. The zero-order valence-electron chi connectivity index (χ0n) is 11.2. The van der Waals surface area contributed by atoms with Gasteiger partial charge < -0.3 is 9.84 Å². The molecule has 2 aromatic carbocycles. The van der Waals surface area contributed by atoms with Crippen LogP contribution in [0.2, 0.25) is 0 Å². The molecule has 0 fully saturated rings. The highest BCUT2D eigenvalue weighted by Crippen LogP contribution is 2.34. The van der Waals surface area contributed by atoms with E-state index in [1.165, 1.54) is 19.2 Å². The van der Waals surface area contributed by atoms with Crippen molar-refractivity contribution in [2.75, 3.05) is 7.11 Å². The number of halogens is 4. The highest BCUT2D eigenvalue weighted by Gasteiger charge is 2.32. The van der Waals surface area contributed by atoms with Gasteiger partial charge in [0.15, 0.2) is 11.6 Å². The van der Waals surface area contributed by atoms with Gasteiger partial charge in [0.2, 0.25) is 0 Å². The van der Waals surface area contributed by atoms with E-state index in [9.17, 15) is 22.4 Å². The summed E-state index contributed by atoms with van der Waals surface area (Å²) in [5, 5.41) is 8.92. The fourth-order valence-electron chi connectivity index (χ4n) is 1.93. The Balaban J connectivity index is 2.61. The lowest BCUT2D eigenvalue weighted by Crippen LogP contribution is -2.08. The molecule has 0 saturated heterocycles. The van der Waals surface area contributed by atoms with Crippen molar-refractivity contribution >= 4 is 5.97 Å².